The van der Waals surface area contributed by atoms with Crippen molar-refractivity contribution in [2.24, 2.45) is 5.14 Å². The maximum atomic E-state index is 11.3. The number of aromatic nitrogens is 2. The van der Waals surface area contributed by atoms with Crippen molar-refractivity contribution >= 4 is 26.7 Å². The van der Waals surface area contributed by atoms with Crippen molar-refractivity contribution in [2.45, 2.75) is 31.2 Å². The molecule has 1 aromatic heterocycles. The van der Waals surface area contributed by atoms with Crippen LogP contribution in [0.1, 0.15) is 31.3 Å². The molecule has 1 atom stereocenters. The maximum Gasteiger partial charge on any atom is 0.238 e. The molecule has 8 heteroatoms. The minimum atomic E-state index is -3.68. The Morgan fingerprint density at radius 1 is 1.45 bits per heavy atom. The zero-order valence-corrected chi connectivity index (χ0v) is 12.8. The Bertz CT molecular complexity index is 697. The first kappa shape index (κ1) is 14.9. The molecule has 0 saturated heterocycles. The molecule has 0 fully saturated rings. The van der Waals surface area contributed by atoms with E-state index >= 15 is 0 Å². The molecule has 0 aliphatic heterocycles. The molecule has 108 valence electrons. The van der Waals surface area contributed by atoms with Crippen LogP contribution in [-0.4, -0.2) is 17.8 Å². The van der Waals surface area contributed by atoms with Crippen molar-refractivity contribution in [1.29, 1.82) is 0 Å². The van der Waals surface area contributed by atoms with E-state index in [-0.39, 0.29) is 10.9 Å². The van der Waals surface area contributed by atoms with E-state index in [1.807, 2.05) is 19.9 Å². The van der Waals surface area contributed by atoms with Gasteiger partial charge in [-0.3, -0.25) is 0 Å². The van der Waals surface area contributed by atoms with E-state index in [1.54, 1.807) is 12.1 Å². The summed E-state index contributed by atoms with van der Waals surface area (Å²) in [5.41, 5.74) is 0.824. The highest BCUT2D eigenvalue weighted by molar-refractivity contribution is 7.89. The van der Waals surface area contributed by atoms with Crippen molar-refractivity contribution in [3.8, 4) is 0 Å². The summed E-state index contributed by atoms with van der Waals surface area (Å²) in [4.78, 5) is 4.43. The third-order valence-corrected chi connectivity index (χ3v) is 4.41. The summed E-state index contributed by atoms with van der Waals surface area (Å²) in [5.74, 6) is 0.794. The molecule has 6 nitrogen and oxygen atoms in total. The molecule has 0 saturated carbocycles. The summed E-state index contributed by atoms with van der Waals surface area (Å²) in [6.07, 6.45) is 0.785. The Balaban J connectivity index is 2.19. The molecular weight excluding hydrogens is 296 g/mol. The number of hydrogen-bond acceptors (Lipinski definition) is 6. The van der Waals surface area contributed by atoms with Gasteiger partial charge in [0.15, 0.2) is 0 Å². The maximum absolute atomic E-state index is 11.3. The number of primary sulfonamides is 1. The zero-order chi connectivity index (χ0) is 14.8. The molecule has 0 radical (unpaired) electrons. The quantitative estimate of drug-likeness (QED) is 0.879. The Morgan fingerprint density at radius 3 is 2.80 bits per heavy atom. The van der Waals surface area contributed by atoms with E-state index in [0.717, 1.165) is 22.9 Å². The number of nitrogens with zero attached hydrogens (tertiary/aromatic N) is 2. The number of benzene rings is 1. The molecule has 0 spiro atoms. The number of rotatable bonds is 5. The molecule has 20 heavy (non-hydrogen) atoms. The number of sulfonamides is 1. The fourth-order valence-electron chi connectivity index (χ4n) is 1.69. The molecule has 3 N–H and O–H groups in total. The largest absolute Gasteiger partial charge is 0.354 e. The van der Waals surface area contributed by atoms with Crippen LogP contribution in [0.2, 0.25) is 0 Å². The molecule has 0 aliphatic carbocycles. The van der Waals surface area contributed by atoms with Crippen molar-refractivity contribution in [3.05, 3.63) is 35.7 Å². The Hall–Kier alpha value is -1.51. The number of nitrogens with one attached hydrogen (secondary N) is 1. The molecule has 1 heterocycles. The van der Waals surface area contributed by atoms with E-state index in [9.17, 15) is 8.42 Å². The highest BCUT2D eigenvalue weighted by Gasteiger charge is 2.13. The highest BCUT2D eigenvalue weighted by atomic mass is 32.2. The van der Waals surface area contributed by atoms with E-state index in [0.29, 0.717) is 0 Å². The molecule has 0 amide bonds. The normalized spacial score (nSPS) is 13.2. The van der Waals surface area contributed by atoms with Crippen LogP contribution < -0.4 is 10.5 Å². The minimum absolute atomic E-state index is 0.0886. The molecule has 2 rings (SSSR count). The first-order valence-corrected chi connectivity index (χ1v) is 8.44. The number of anilines is 1. The van der Waals surface area contributed by atoms with Gasteiger partial charge in [0, 0.05) is 18.0 Å². The van der Waals surface area contributed by atoms with E-state index in [2.05, 4.69) is 14.7 Å². The van der Waals surface area contributed by atoms with Crippen molar-refractivity contribution in [1.82, 2.24) is 9.36 Å². The Kier molecular flexibility index (Phi) is 4.36. The van der Waals surface area contributed by atoms with Crippen LogP contribution in [0.3, 0.4) is 0 Å². The first-order chi connectivity index (χ1) is 9.40. The fraction of sp³-hybridized carbons (Fsp3) is 0.333. The summed E-state index contributed by atoms with van der Waals surface area (Å²) in [6.45, 7) is 3.92. The lowest BCUT2D eigenvalue weighted by molar-refractivity contribution is 0.597. The van der Waals surface area contributed by atoms with Crippen LogP contribution in [0.4, 0.5) is 5.13 Å². The second-order valence-electron chi connectivity index (χ2n) is 4.35. The van der Waals surface area contributed by atoms with Crippen LogP contribution in [0.25, 0.3) is 0 Å². The summed E-state index contributed by atoms with van der Waals surface area (Å²) < 4.78 is 26.9. The topological polar surface area (TPSA) is 98.0 Å². The predicted molar refractivity (Wildman–Crippen MR) is 79.1 cm³/mol. The smallest absolute Gasteiger partial charge is 0.238 e. The summed E-state index contributed by atoms with van der Waals surface area (Å²) in [5, 5.41) is 9.05. The number of aryl methyl sites for hydroxylation is 1. The average Bonchev–Trinajstić information content (AvgIpc) is 2.85. The van der Waals surface area contributed by atoms with Crippen LogP contribution >= 0.6 is 11.5 Å². The van der Waals surface area contributed by atoms with Gasteiger partial charge in [0.1, 0.15) is 5.82 Å². The molecule has 1 aromatic carbocycles. The van der Waals surface area contributed by atoms with Crippen molar-refractivity contribution < 1.29 is 8.42 Å². The third-order valence-electron chi connectivity index (χ3n) is 2.81. The lowest BCUT2D eigenvalue weighted by atomic mass is 10.1. The van der Waals surface area contributed by atoms with Crippen LogP contribution in [-0.2, 0) is 16.4 Å². The molecule has 2 aromatic rings. The first-order valence-electron chi connectivity index (χ1n) is 6.12. The van der Waals surface area contributed by atoms with Gasteiger partial charge in [0.05, 0.1) is 10.9 Å². The minimum Gasteiger partial charge on any atom is -0.354 e. The van der Waals surface area contributed by atoms with Crippen LogP contribution in [0, 0.1) is 0 Å². The van der Waals surface area contributed by atoms with Crippen molar-refractivity contribution in [3.63, 3.8) is 0 Å². The zero-order valence-electron chi connectivity index (χ0n) is 11.2. The van der Waals surface area contributed by atoms with E-state index in [4.69, 9.17) is 5.14 Å². The van der Waals surface area contributed by atoms with Gasteiger partial charge >= 0.3 is 0 Å². The van der Waals surface area contributed by atoms with E-state index < -0.39 is 10.0 Å². The molecule has 0 bridgehead atoms. The standard InChI is InChI=1S/C12H16N4O2S2/c1-3-11-15-12(19-16-11)14-8(2)9-5-4-6-10(7-9)20(13,17)18/h4-8H,3H2,1-2H3,(H2,13,17,18)(H,14,15,16). The van der Waals surface area contributed by atoms with Gasteiger partial charge in [-0.1, -0.05) is 19.1 Å². The highest BCUT2D eigenvalue weighted by Crippen LogP contribution is 2.22. The summed E-state index contributed by atoms with van der Waals surface area (Å²) >= 11 is 1.29. The van der Waals surface area contributed by atoms with Crippen molar-refractivity contribution in [2.75, 3.05) is 5.32 Å². The summed E-state index contributed by atoms with van der Waals surface area (Å²) in [6, 6.07) is 6.47. The fourth-order valence-corrected chi connectivity index (χ4v) is 2.99. The Morgan fingerprint density at radius 2 is 2.20 bits per heavy atom. The second kappa shape index (κ2) is 5.86. The van der Waals surface area contributed by atoms with Gasteiger partial charge in [-0.2, -0.15) is 4.37 Å². The SMILES string of the molecule is CCc1nsc(NC(C)c2cccc(S(N)(=O)=O)c2)n1. The lowest BCUT2D eigenvalue weighted by Gasteiger charge is -2.13. The summed E-state index contributed by atoms with van der Waals surface area (Å²) in [7, 11) is -3.68. The molecular formula is C12H16N4O2S2. The van der Waals surface area contributed by atoms with Gasteiger partial charge in [0.25, 0.3) is 0 Å². The number of nitrogens with two attached hydrogens (primary N) is 1. The molecule has 1 unspecified atom stereocenters. The third kappa shape index (κ3) is 3.53. The van der Waals surface area contributed by atoms with Gasteiger partial charge in [-0.25, -0.2) is 18.5 Å². The predicted octanol–water partition coefficient (Wildman–Crippen LogP) is 1.92. The second-order valence-corrected chi connectivity index (χ2v) is 6.67. The number of hydrogen-bond donors (Lipinski definition) is 2. The van der Waals surface area contributed by atoms with Gasteiger partial charge in [-0.05, 0) is 24.6 Å². The van der Waals surface area contributed by atoms with Crippen LogP contribution in [0.15, 0.2) is 29.2 Å². The molecule has 0 aliphatic rings. The van der Waals surface area contributed by atoms with Gasteiger partial charge < -0.3 is 5.32 Å². The van der Waals surface area contributed by atoms with Gasteiger partial charge in [0.2, 0.25) is 15.2 Å². The van der Waals surface area contributed by atoms with Gasteiger partial charge in [-0.15, -0.1) is 0 Å². The average molecular weight is 312 g/mol. The van der Waals surface area contributed by atoms with Crippen LogP contribution in [0.5, 0.6) is 0 Å². The lowest BCUT2D eigenvalue weighted by Crippen LogP contribution is -2.13. The monoisotopic (exact) mass is 312 g/mol. The Labute approximate surface area is 122 Å². The van der Waals surface area contributed by atoms with E-state index in [1.165, 1.54) is 17.6 Å².